The number of carbonyl (C=O) groups is 2. The lowest BCUT2D eigenvalue weighted by Crippen LogP contribution is -2.25. The van der Waals surface area contributed by atoms with Crippen molar-refractivity contribution in [2.45, 2.75) is 26.8 Å². The van der Waals surface area contributed by atoms with E-state index < -0.39 is 0 Å². The number of hydrogen-bond acceptors (Lipinski definition) is 4. The van der Waals surface area contributed by atoms with Gasteiger partial charge in [0.15, 0.2) is 0 Å². The van der Waals surface area contributed by atoms with Crippen LogP contribution in [0.2, 0.25) is 5.15 Å². The molecule has 0 bridgehead atoms. The number of carbonyl (C=O) groups excluding carboxylic acids is 2. The number of nitrogens with zero attached hydrogens (tertiary/aromatic N) is 3. The minimum atomic E-state index is -0.244. The monoisotopic (exact) mass is 484 g/mol. The summed E-state index contributed by atoms with van der Waals surface area (Å²) in [5.41, 5.74) is 5.50. The lowest BCUT2D eigenvalue weighted by molar-refractivity contribution is -0.117. The van der Waals surface area contributed by atoms with Crippen LogP contribution in [0.15, 0.2) is 85.2 Å². The van der Waals surface area contributed by atoms with Crippen LogP contribution in [-0.2, 0) is 11.3 Å². The Kier molecular flexibility index (Phi) is 7.53. The van der Waals surface area contributed by atoms with Crippen LogP contribution in [0.1, 0.15) is 34.8 Å². The van der Waals surface area contributed by atoms with E-state index in [0.717, 1.165) is 33.8 Å². The van der Waals surface area contributed by atoms with Crippen LogP contribution in [0.3, 0.4) is 0 Å². The zero-order valence-corrected chi connectivity index (χ0v) is 20.3. The predicted octanol–water partition coefficient (Wildman–Crippen LogP) is 6.11. The maximum atomic E-state index is 12.7. The van der Waals surface area contributed by atoms with Crippen LogP contribution in [0.5, 0.6) is 0 Å². The highest BCUT2D eigenvalue weighted by atomic mass is 35.5. The lowest BCUT2D eigenvalue weighted by atomic mass is 10.1. The van der Waals surface area contributed by atoms with Crippen molar-refractivity contribution in [2.24, 2.45) is 0 Å². The molecule has 0 atom stereocenters. The molecule has 35 heavy (non-hydrogen) atoms. The molecule has 0 aliphatic carbocycles. The number of hydrogen-bond donors (Lipinski definition) is 1. The van der Waals surface area contributed by atoms with Crippen LogP contribution in [0.25, 0.3) is 11.3 Å². The first-order valence-electron chi connectivity index (χ1n) is 11.3. The molecule has 2 aromatic carbocycles. The van der Waals surface area contributed by atoms with Crippen molar-refractivity contribution >= 4 is 34.8 Å². The van der Waals surface area contributed by atoms with Crippen molar-refractivity contribution in [1.29, 1.82) is 0 Å². The third-order valence-electron chi connectivity index (χ3n) is 5.63. The molecular formula is C28H25ClN4O2. The van der Waals surface area contributed by atoms with Gasteiger partial charge in [0, 0.05) is 42.2 Å². The number of nitrogens with one attached hydrogen (secondary N) is 1. The van der Waals surface area contributed by atoms with Crippen molar-refractivity contribution < 1.29 is 9.59 Å². The van der Waals surface area contributed by atoms with Gasteiger partial charge in [0.2, 0.25) is 5.91 Å². The highest BCUT2D eigenvalue weighted by Gasteiger charge is 2.18. The molecule has 1 N–H and O–H groups in total. The van der Waals surface area contributed by atoms with Crippen LogP contribution in [0, 0.1) is 6.92 Å². The molecular weight excluding hydrogens is 460 g/mol. The highest BCUT2D eigenvalue weighted by molar-refractivity contribution is 6.30. The summed E-state index contributed by atoms with van der Waals surface area (Å²) < 4.78 is 0. The number of benzene rings is 2. The first kappa shape index (κ1) is 24.1. The van der Waals surface area contributed by atoms with E-state index >= 15 is 0 Å². The fraction of sp³-hybridized carbons (Fsp3) is 0.143. The van der Waals surface area contributed by atoms with Gasteiger partial charge in [0.25, 0.3) is 5.91 Å². The molecule has 4 rings (SSSR count). The Balaban J connectivity index is 1.49. The smallest absolute Gasteiger partial charge is 0.253 e. The maximum absolute atomic E-state index is 12.7. The number of pyridine rings is 2. The Morgan fingerprint density at radius 2 is 1.71 bits per heavy atom. The molecule has 0 saturated carbocycles. The fourth-order valence-corrected chi connectivity index (χ4v) is 3.88. The average Bonchev–Trinajstić information content (AvgIpc) is 2.89. The normalized spacial score (nSPS) is 10.6. The van der Waals surface area contributed by atoms with Crippen molar-refractivity contribution in [2.75, 3.05) is 4.90 Å². The molecule has 0 aliphatic heterocycles. The Bertz CT molecular complexity index is 1340. The van der Waals surface area contributed by atoms with Crippen LogP contribution < -0.4 is 10.2 Å². The molecule has 4 aromatic rings. The van der Waals surface area contributed by atoms with Gasteiger partial charge in [-0.05, 0) is 48.9 Å². The molecule has 0 aliphatic rings. The predicted molar refractivity (Wildman–Crippen MR) is 139 cm³/mol. The van der Waals surface area contributed by atoms with Gasteiger partial charge in [0.1, 0.15) is 5.15 Å². The number of rotatable bonds is 7. The molecule has 0 spiro atoms. The van der Waals surface area contributed by atoms with Crippen LogP contribution >= 0.6 is 11.6 Å². The van der Waals surface area contributed by atoms with E-state index in [1.54, 1.807) is 35.5 Å². The Labute approximate surface area is 209 Å². The number of halogens is 1. The summed E-state index contributed by atoms with van der Waals surface area (Å²) >= 11 is 6.04. The second-order valence-electron chi connectivity index (χ2n) is 7.98. The number of anilines is 2. The number of para-hydroxylation sites is 1. The summed E-state index contributed by atoms with van der Waals surface area (Å²) in [7, 11) is 0. The van der Waals surface area contributed by atoms with E-state index in [0.29, 0.717) is 17.1 Å². The van der Waals surface area contributed by atoms with E-state index in [1.165, 1.54) is 0 Å². The van der Waals surface area contributed by atoms with Crippen molar-refractivity contribution in [1.82, 2.24) is 15.3 Å². The van der Waals surface area contributed by atoms with Gasteiger partial charge < -0.3 is 5.32 Å². The third kappa shape index (κ3) is 5.55. The van der Waals surface area contributed by atoms with Gasteiger partial charge >= 0.3 is 0 Å². The molecule has 0 radical (unpaired) electrons. The van der Waals surface area contributed by atoms with Gasteiger partial charge in [-0.15, -0.1) is 0 Å². The minimum Gasteiger partial charge on any atom is -0.348 e. The molecule has 0 unspecified atom stereocenters. The number of aryl methyl sites for hydroxylation is 1. The van der Waals surface area contributed by atoms with Crippen LogP contribution in [0.4, 0.5) is 11.4 Å². The van der Waals surface area contributed by atoms with E-state index in [2.05, 4.69) is 15.3 Å². The molecule has 7 heteroatoms. The van der Waals surface area contributed by atoms with Gasteiger partial charge in [0.05, 0.1) is 16.9 Å². The molecule has 2 amide bonds. The molecule has 0 fully saturated rings. The lowest BCUT2D eigenvalue weighted by Gasteiger charge is -2.24. The summed E-state index contributed by atoms with van der Waals surface area (Å²) in [6, 6.07) is 22.6. The summed E-state index contributed by atoms with van der Waals surface area (Å²) in [6.07, 6.45) is 3.54. The first-order chi connectivity index (χ1) is 17.0. The third-order valence-corrected chi connectivity index (χ3v) is 5.97. The summed E-state index contributed by atoms with van der Waals surface area (Å²) in [4.78, 5) is 35.5. The zero-order valence-electron chi connectivity index (χ0n) is 19.5. The average molecular weight is 485 g/mol. The van der Waals surface area contributed by atoms with Gasteiger partial charge in [-0.25, -0.2) is 4.98 Å². The van der Waals surface area contributed by atoms with Gasteiger partial charge in [-0.1, -0.05) is 54.9 Å². The highest BCUT2D eigenvalue weighted by Crippen LogP contribution is 2.30. The Morgan fingerprint density at radius 3 is 2.37 bits per heavy atom. The van der Waals surface area contributed by atoms with Crippen molar-refractivity contribution in [3.05, 3.63) is 107 Å². The molecule has 6 nitrogen and oxygen atoms in total. The standard InChI is InChI=1S/C28H25ClN4O2/c1-3-26(34)33(25-9-5-4-7-19(25)2)23-13-10-20(11-14-23)24-15-12-22(18-31-24)28(35)32-17-21-8-6-16-30-27(21)29/h4-16,18H,3,17H2,1-2H3,(H,32,35). The molecule has 2 aromatic heterocycles. The van der Waals surface area contributed by atoms with Crippen molar-refractivity contribution in [3.8, 4) is 11.3 Å². The number of aromatic nitrogens is 2. The minimum absolute atomic E-state index is 0.0214. The van der Waals surface area contributed by atoms with E-state index in [-0.39, 0.29) is 18.4 Å². The maximum Gasteiger partial charge on any atom is 0.253 e. The summed E-state index contributed by atoms with van der Waals surface area (Å²) in [5.74, 6) is -0.223. The van der Waals surface area contributed by atoms with Gasteiger partial charge in [-0.3, -0.25) is 19.5 Å². The van der Waals surface area contributed by atoms with Crippen molar-refractivity contribution in [3.63, 3.8) is 0 Å². The SMILES string of the molecule is CCC(=O)N(c1ccc(-c2ccc(C(=O)NCc3cccnc3Cl)cn2)cc1)c1ccccc1C. The quantitative estimate of drug-likeness (QED) is 0.321. The summed E-state index contributed by atoms with van der Waals surface area (Å²) in [5, 5.41) is 3.20. The first-order valence-corrected chi connectivity index (χ1v) is 11.7. The summed E-state index contributed by atoms with van der Waals surface area (Å²) in [6.45, 7) is 4.13. The number of amides is 2. The topological polar surface area (TPSA) is 75.2 Å². The molecule has 176 valence electrons. The fourth-order valence-electron chi connectivity index (χ4n) is 3.70. The van der Waals surface area contributed by atoms with Gasteiger partial charge in [-0.2, -0.15) is 0 Å². The Morgan fingerprint density at radius 1 is 0.943 bits per heavy atom. The second-order valence-corrected chi connectivity index (χ2v) is 8.34. The van der Waals surface area contributed by atoms with E-state index in [1.807, 2.05) is 68.4 Å². The largest absolute Gasteiger partial charge is 0.348 e. The van der Waals surface area contributed by atoms with E-state index in [9.17, 15) is 9.59 Å². The molecule has 2 heterocycles. The zero-order chi connectivity index (χ0) is 24.8. The Hall–Kier alpha value is -4.03. The van der Waals surface area contributed by atoms with Crippen LogP contribution in [-0.4, -0.2) is 21.8 Å². The van der Waals surface area contributed by atoms with E-state index in [4.69, 9.17) is 11.6 Å². The molecule has 0 saturated heterocycles. The second kappa shape index (κ2) is 10.9.